The van der Waals surface area contributed by atoms with Gasteiger partial charge >= 0.3 is 0 Å². The van der Waals surface area contributed by atoms with Crippen molar-refractivity contribution in [2.45, 2.75) is 25.9 Å². The van der Waals surface area contributed by atoms with Gasteiger partial charge in [0.1, 0.15) is 6.04 Å². The monoisotopic (exact) mass is 495 g/mol. The lowest BCUT2D eigenvalue weighted by molar-refractivity contribution is -0.128. The maximum absolute atomic E-state index is 13.0. The normalized spacial score (nSPS) is 15.1. The predicted octanol–water partition coefficient (Wildman–Crippen LogP) is 3.67. The Bertz CT molecular complexity index is 1160. The van der Waals surface area contributed by atoms with Crippen LogP contribution in [0.1, 0.15) is 27.2 Å². The number of aryl methyl sites for hydroxylation is 1. The molecule has 2 N–H and O–H groups in total. The molecule has 164 valence electrons. The van der Waals surface area contributed by atoms with E-state index in [-0.39, 0.29) is 36.6 Å². The van der Waals surface area contributed by atoms with E-state index >= 15 is 0 Å². The van der Waals surface area contributed by atoms with E-state index in [1.165, 1.54) is 11.2 Å². The van der Waals surface area contributed by atoms with Crippen LogP contribution in [0.25, 0.3) is 0 Å². The van der Waals surface area contributed by atoms with E-state index in [0.717, 1.165) is 21.2 Å². The van der Waals surface area contributed by atoms with Gasteiger partial charge in [0, 0.05) is 23.1 Å². The molecule has 1 aliphatic heterocycles. The van der Waals surface area contributed by atoms with E-state index < -0.39 is 6.04 Å². The number of amides is 3. The topological polar surface area (TPSA) is 91.7 Å². The highest BCUT2D eigenvalue weighted by molar-refractivity contribution is 9.10. The second-order valence-electron chi connectivity index (χ2n) is 7.62. The lowest BCUT2D eigenvalue weighted by Crippen LogP contribution is -2.53. The lowest BCUT2D eigenvalue weighted by Gasteiger charge is -2.35. The second kappa shape index (κ2) is 9.40. The molecule has 1 atom stereocenters. The zero-order chi connectivity index (χ0) is 22.7. The van der Waals surface area contributed by atoms with E-state index in [9.17, 15) is 14.4 Å². The van der Waals surface area contributed by atoms with Crippen LogP contribution in [-0.2, 0) is 22.6 Å². The van der Waals surface area contributed by atoms with Gasteiger partial charge in [0.15, 0.2) is 5.76 Å². The summed E-state index contributed by atoms with van der Waals surface area (Å²) < 4.78 is 6.18. The van der Waals surface area contributed by atoms with Gasteiger partial charge in [-0.15, -0.1) is 0 Å². The number of nitrogens with zero attached hydrogens (tertiary/aromatic N) is 1. The number of furan rings is 1. The molecule has 0 spiro atoms. The Labute approximate surface area is 193 Å². The summed E-state index contributed by atoms with van der Waals surface area (Å²) in [5, 5.41) is 5.48. The first-order chi connectivity index (χ1) is 15.4. The summed E-state index contributed by atoms with van der Waals surface area (Å²) in [7, 11) is 0. The van der Waals surface area contributed by atoms with Gasteiger partial charge in [0.25, 0.3) is 5.91 Å². The average molecular weight is 496 g/mol. The van der Waals surface area contributed by atoms with Crippen molar-refractivity contribution in [3.05, 3.63) is 87.8 Å². The largest absolute Gasteiger partial charge is 0.459 e. The molecule has 3 amide bonds. The molecule has 2 aromatic carbocycles. The zero-order valence-corrected chi connectivity index (χ0v) is 19.0. The van der Waals surface area contributed by atoms with Gasteiger partial charge in [0.2, 0.25) is 11.8 Å². The molecular formula is C24H22BrN3O4. The van der Waals surface area contributed by atoms with Crippen LogP contribution in [0.2, 0.25) is 0 Å². The molecule has 1 unspecified atom stereocenters. The SMILES string of the molecule is Cc1cc(Br)ccc1NC(=O)CNC(=O)C1Cc2ccccc2CN1C(=O)c1ccco1. The number of hydrogen-bond donors (Lipinski definition) is 2. The molecule has 1 aliphatic rings. The number of halogens is 1. The van der Waals surface area contributed by atoms with Crippen LogP contribution in [0.15, 0.2) is 69.8 Å². The molecule has 0 fully saturated rings. The minimum Gasteiger partial charge on any atom is -0.459 e. The minimum absolute atomic E-state index is 0.172. The Balaban J connectivity index is 1.46. The summed E-state index contributed by atoms with van der Waals surface area (Å²) in [5.74, 6) is -0.920. The van der Waals surface area contributed by atoms with Gasteiger partial charge in [0.05, 0.1) is 12.8 Å². The molecule has 0 aliphatic carbocycles. The van der Waals surface area contributed by atoms with Crippen LogP contribution in [-0.4, -0.2) is 35.2 Å². The van der Waals surface area contributed by atoms with Crippen LogP contribution < -0.4 is 10.6 Å². The summed E-state index contributed by atoms with van der Waals surface area (Å²) in [5.41, 5.74) is 3.57. The van der Waals surface area contributed by atoms with Crippen molar-refractivity contribution in [2.24, 2.45) is 0 Å². The number of nitrogens with one attached hydrogen (secondary N) is 2. The summed E-state index contributed by atoms with van der Waals surface area (Å²) in [6, 6.07) is 15.7. The predicted molar refractivity (Wildman–Crippen MR) is 123 cm³/mol. The highest BCUT2D eigenvalue weighted by atomic mass is 79.9. The summed E-state index contributed by atoms with van der Waals surface area (Å²) in [6.45, 7) is 1.98. The van der Waals surface area contributed by atoms with Gasteiger partial charge in [-0.1, -0.05) is 40.2 Å². The van der Waals surface area contributed by atoms with Crippen molar-refractivity contribution in [3.8, 4) is 0 Å². The molecule has 2 heterocycles. The van der Waals surface area contributed by atoms with Crippen LogP contribution in [0, 0.1) is 6.92 Å². The number of fused-ring (bicyclic) bond motifs is 1. The molecule has 4 rings (SSSR count). The number of benzene rings is 2. The fourth-order valence-electron chi connectivity index (χ4n) is 3.76. The van der Waals surface area contributed by atoms with Crippen LogP contribution in [0.5, 0.6) is 0 Å². The number of rotatable bonds is 5. The van der Waals surface area contributed by atoms with Crippen molar-refractivity contribution in [1.29, 1.82) is 0 Å². The Morgan fingerprint density at radius 2 is 1.88 bits per heavy atom. The van der Waals surface area contributed by atoms with Gasteiger partial charge in [-0.05, 0) is 53.9 Å². The van der Waals surface area contributed by atoms with Gasteiger partial charge in [-0.2, -0.15) is 0 Å². The summed E-state index contributed by atoms with van der Waals surface area (Å²) in [6.07, 6.45) is 1.79. The number of anilines is 1. The third-order valence-corrected chi connectivity index (χ3v) is 5.92. The highest BCUT2D eigenvalue weighted by Gasteiger charge is 2.36. The maximum atomic E-state index is 13.0. The van der Waals surface area contributed by atoms with Crippen LogP contribution in [0.4, 0.5) is 5.69 Å². The van der Waals surface area contributed by atoms with Crippen molar-refractivity contribution < 1.29 is 18.8 Å². The fourth-order valence-corrected chi connectivity index (χ4v) is 4.23. The zero-order valence-electron chi connectivity index (χ0n) is 17.4. The molecule has 7 nitrogen and oxygen atoms in total. The Morgan fingerprint density at radius 1 is 1.09 bits per heavy atom. The third-order valence-electron chi connectivity index (χ3n) is 5.43. The number of carbonyl (C=O) groups is 3. The van der Waals surface area contributed by atoms with E-state index in [2.05, 4.69) is 26.6 Å². The summed E-state index contributed by atoms with van der Waals surface area (Å²) >= 11 is 3.39. The molecular weight excluding hydrogens is 474 g/mol. The average Bonchev–Trinajstić information content (AvgIpc) is 3.33. The maximum Gasteiger partial charge on any atom is 0.290 e. The van der Waals surface area contributed by atoms with E-state index in [0.29, 0.717) is 12.1 Å². The molecule has 3 aromatic rings. The first-order valence-corrected chi connectivity index (χ1v) is 11.0. The Hall–Kier alpha value is -3.39. The smallest absolute Gasteiger partial charge is 0.290 e. The molecule has 8 heteroatoms. The Kier molecular flexibility index (Phi) is 6.41. The molecule has 0 radical (unpaired) electrons. The Morgan fingerprint density at radius 3 is 2.59 bits per heavy atom. The molecule has 0 bridgehead atoms. The van der Waals surface area contributed by atoms with Gasteiger partial charge in [-0.25, -0.2) is 0 Å². The van der Waals surface area contributed by atoms with Gasteiger partial charge in [-0.3, -0.25) is 14.4 Å². The quantitative estimate of drug-likeness (QED) is 0.564. The van der Waals surface area contributed by atoms with Crippen molar-refractivity contribution in [2.75, 3.05) is 11.9 Å². The first kappa shape index (κ1) is 21.8. The van der Waals surface area contributed by atoms with E-state index in [4.69, 9.17) is 4.42 Å². The number of hydrogen-bond acceptors (Lipinski definition) is 4. The highest BCUT2D eigenvalue weighted by Crippen LogP contribution is 2.25. The fraction of sp³-hybridized carbons (Fsp3) is 0.208. The summed E-state index contributed by atoms with van der Waals surface area (Å²) in [4.78, 5) is 39.9. The third kappa shape index (κ3) is 4.75. The molecule has 1 aromatic heterocycles. The number of carbonyl (C=O) groups excluding carboxylic acids is 3. The van der Waals surface area contributed by atoms with Crippen molar-refractivity contribution >= 4 is 39.3 Å². The molecule has 0 saturated carbocycles. The van der Waals surface area contributed by atoms with Crippen molar-refractivity contribution in [1.82, 2.24) is 10.2 Å². The van der Waals surface area contributed by atoms with Gasteiger partial charge < -0.3 is 20.0 Å². The first-order valence-electron chi connectivity index (χ1n) is 10.2. The molecule has 0 saturated heterocycles. The van der Waals surface area contributed by atoms with Crippen LogP contribution >= 0.6 is 15.9 Å². The second-order valence-corrected chi connectivity index (χ2v) is 8.54. The van der Waals surface area contributed by atoms with E-state index in [1.54, 1.807) is 18.2 Å². The lowest BCUT2D eigenvalue weighted by atomic mass is 9.93. The molecule has 32 heavy (non-hydrogen) atoms. The minimum atomic E-state index is -0.746. The van der Waals surface area contributed by atoms with Crippen molar-refractivity contribution in [3.63, 3.8) is 0 Å². The van der Waals surface area contributed by atoms with E-state index in [1.807, 2.05) is 43.3 Å². The van der Waals surface area contributed by atoms with Crippen LogP contribution in [0.3, 0.4) is 0 Å². The standard InChI is InChI=1S/C24H22BrN3O4/c1-15-11-18(25)8-9-19(15)27-22(29)13-26-23(30)20-12-16-5-2-3-6-17(16)14-28(20)24(31)21-7-4-10-32-21/h2-11,20H,12-14H2,1H3,(H,26,30)(H,27,29).